The Morgan fingerprint density at radius 1 is 1.17 bits per heavy atom. The van der Waals surface area contributed by atoms with Crippen LogP contribution in [0.1, 0.15) is 43.7 Å². The average molecular weight is 283 g/mol. The van der Waals surface area contributed by atoms with Gasteiger partial charge in [0.15, 0.2) is 0 Å². The molecule has 1 unspecified atom stereocenters. The molecule has 0 heterocycles. The van der Waals surface area contributed by atoms with E-state index in [1.165, 1.54) is 19.3 Å². The van der Waals surface area contributed by atoms with E-state index in [4.69, 9.17) is 23.2 Å². The molecule has 0 aliphatic heterocycles. The molecule has 0 aromatic heterocycles. The highest BCUT2D eigenvalue weighted by molar-refractivity contribution is 6.42. The fourth-order valence-corrected chi connectivity index (χ4v) is 2.71. The summed E-state index contributed by atoms with van der Waals surface area (Å²) in [5.74, 6) is 0. The molecule has 1 atom stereocenters. The Bertz CT molecular complexity index is 448. The van der Waals surface area contributed by atoms with Gasteiger partial charge in [0.05, 0.1) is 16.1 Å². The molecule has 0 saturated heterocycles. The van der Waals surface area contributed by atoms with Crippen molar-refractivity contribution < 1.29 is 0 Å². The van der Waals surface area contributed by atoms with Crippen molar-refractivity contribution in [2.45, 2.75) is 44.2 Å². The Kier molecular flexibility index (Phi) is 4.88. The predicted octanol–water partition coefficient (Wildman–Crippen LogP) is 4.48. The number of nitrogens with one attached hydrogen (secondary N) is 1. The van der Waals surface area contributed by atoms with Crippen molar-refractivity contribution in [3.05, 3.63) is 33.8 Å². The Balaban J connectivity index is 2.07. The van der Waals surface area contributed by atoms with Gasteiger partial charge in [-0.15, -0.1) is 0 Å². The molecule has 1 aromatic carbocycles. The normalized spacial score (nSPS) is 18.3. The lowest BCUT2D eigenvalue weighted by Gasteiger charge is -2.25. The van der Waals surface area contributed by atoms with Crippen molar-refractivity contribution in [3.63, 3.8) is 0 Å². The summed E-state index contributed by atoms with van der Waals surface area (Å²) in [5.41, 5.74) is 0.887. The van der Waals surface area contributed by atoms with Crippen LogP contribution < -0.4 is 5.32 Å². The Labute approximate surface area is 118 Å². The van der Waals surface area contributed by atoms with Gasteiger partial charge in [-0.05, 0) is 30.5 Å². The number of hydrogen-bond donors (Lipinski definition) is 1. The second kappa shape index (κ2) is 6.43. The Hall–Kier alpha value is -0.750. The van der Waals surface area contributed by atoms with Crippen LogP contribution in [0.3, 0.4) is 0 Å². The number of halogens is 2. The van der Waals surface area contributed by atoms with Gasteiger partial charge in [0.2, 0.25) is 0 Å². The summed E-state index contributed by atoms with van der Waals surface area (Å²) in [5, 5.41) is 13.7. The highest BCUT2D eigenvalue weighted by Gasteiger charge is 2.19. The maximum atomic E-state index is 9.28. The minimum Gasteiger partial charge on any atom is -0.295 e. The second-order valence-corrected chi connectivity index (χ2v) is 5.55. The van der Waals surface area contributed by atoms with Crippen molar-refractivity contribution in [1.29, 1.82) is 5.26 Å². The van der Waals surface area contributed by atoms with Gasteiger partial charge < -0.3 is 0 Å². The van der Waals surface area contributed by atoms with Crippen molar-refractivity contribution in [2.75, 3.05) is 0 Å². The molecule has 1 fully saturated rings. The van der Waals surface area contributed by atoms with E-state index in [1.807, 2.05) is 6.07 Å². The van der Waals surface area contributed by atoms with Gasteiger partial charge in [-0.25, -0.2) is 0 Å². The molecule has 1 saturated carbocycles. The van der Waals surface area contributed by atoms with E-state index in [9.17, 15) is 5.26 Å². The predicted molar refractivity (Wildman–Crippen MR) is 74.8 cm³/mol. The first-order chi connectivity index (χ1) is 8.70. The van der Waals surface area contributed by atoms with Gasteiger partial charge in [-0.3, -0.25) is 5.32 Å². The third kappa shape index (κ3) is 3.38. The molecule has 4 heteroatoms. The number of nitriles is 1. The SMILES string of the molecule is N#CC(NC1CCCCC1)c1ccc(Cl)c(Cl)c1. The quantitative estimate of drug-likeness (QED) is 0.887. The van der Waals surface area contributed by atoms with Gasteiger partial charge in [-0.2, -0.15) is 5.26 Å². The summed E-state index contributed by atoms with van der Waals surface area (Å²) in [4.78, 5) is 0. The van der Waals surface area contributed by atoms with Crippen molar-refractivity contribution in [1.82, 2.24) is 5.32 Å². The van der Waals surface area contributed by atoms with Gasteiger partial charge in [-0.1, -0.05) is 48.5 Å². The van der Waals surface area contributed by atoms with Crippen molar-refractivity contribution in [3.8, 4) is 6.07 Å². The number of benzene rings is 1. The van der Waals surface area contributed by atoms with Gasteiger partial charge in [0.1, 0.15) is 6.04 Å². The summed E-state index contributed by atoms with van der Waals surface area (Å²) >= 11 is 11.9. The molecule has 0 amide bonds. The molecule has 96 valence electrons. The second-order valence-electron chi connectivity index (χ2n) is 4.74. The van der Waals surface area contributed by atoms with Crippen LogP contribution >= 0.6 is 23.2 Å². The van der Waals surface area contributed by atoms with Crippen LogP contribution in [0.25, 0.3) is 0 Å². The zero-order chi connectivity index (χ0) is 13.0. The lowest BCUT2D eigenvalue weighted by Crippen LogP contribution is -2.33. The molecule has 0 radical (unpaired) electrons. The highest BCUT2D eigenvalue weighted by Crippen LogP contribution is 2.27. The largest absolute Gasteiger partial charge is 0.295 e. The summed E-state index contributed by atoms with van der Waals surface area (Å²) in [6, 6.07) is 7.81. The van der Waals surface area contributed by atoms with Crippen LogP contribution in [-0.2, 0) is 0 Å². The van der Waals surface area contributed by atoms with E-state index in [0.717, 1.165) is 18.4 Å². The molecule has 18 heavy (non-hydrogen) atoms. The summed E-state index contributed by atoms with van der Waals surface area (Å²) in [7, 11) is 0. The van der Waals surface area contributed by atoms with E-state index in [-0.39, 0.29) is 6.04 Å². The van der Waals surface area contributed by atoms with Crippen LogP contribution in [0.2, 0.25) is 10.0 Å². The molecule has 2 nitrogen and oxygen atoms in total. The summed E-state index contributed by atoms with van der Waals surface area (Å²) in [6.45, 7) is 0. The van der Waals surface area contributed by atoms with Crippen LogP contribution in [-0.4, -0.2) is 6.04 Å². The topological polar surface area (TPSA) is 35.8 Å². The van der Waals surface area contributed by atoms with Gasteiger partial charge in [0.25, 0.3) is 0 Å². The van der Waals surface area contributed by atoms with E-state index < -0.39 is 0 Å². The molecular formula is C14H16Cl2N2. The van der Waals surface area contributed by atoms with E-state index in [1.54, 1.807) is 12.1 Å². The van der Waals surface area contributed by atoms with Crippen LogP contribution in [0.15, 0.2) is 18.2 Å². The average Bonchev–Trinajstić information content (AvgIpc) is 2.40. The summed E-state index contributed by atoms with van der Waals surface area (Å²) < 4.78 is 0. The number of nitrogens with zero attached hydrogens (tertiary/aromatic N) is 1. The first kappa shape index (κ1) is 13.7. The van der Waals surface area contributed by atoms with Gasteiger partial charge in [0, 0.05) is 6.04 Å². The first-order valence-electron chi connectivity index (χ1n) is 6.31. The Morgan fingerprint density at radius 2 is 1.89 bits per heavy atom. The lowest BCUT2D eigenvalue weighted by atomic mass is 9.94. The van der Waals surface area contributed by atoms with Crippen molar-refractivity contribution in [2.24, 2.45) is 0 Å². The van der Waals surface area contributed by atoms with Crippen molar-refractivity contribution >= 4 is 23.2 Å². The first-order valence-corrected chi connectivity index (χ1v) is 7.07. The van der Waals surface area contributed by atoms with Crippen LogP contribution in [0.4, 0.5) is 0 Å². The summed E-state index contributed by atoms with van der Waals surface area (Å²) in [6.07, 6.45) is 6.11. The molecule has 1 aliphatic carbocycles. The molecule has 2 rings (SSSR count). The highest BCUT2D eigenvalue weighted by atomic mass is 35.5. The standard InChI is InChI=1S/C14H16Cl2N2/c15-12-7-6-10(8-13(12)16)14(9-17)18-11-4-2-1-3-5-11/h6-8,11,14,18H,1-5H2. The number of hydrogen-bond acceptors (Lipinski definition) is 2. The lowest BCUT2D eigenvalue weighted by molar-refractivity contribution is 0.360. The molecule has 1 aromatic rings. The van der Waals surface area contributed by atoms with E-state index in [0.29, 0.717) is 16.1 Å². The third-order valence-electron chi connectivity index (χ3n) is 3.41. The van der Waals surface area contributed by atoms with E-state index >= 15 is 0 Å². The zero-order valence-corrected chi connectivity index (χ0v) is 11.6. The molecule has 0 bridgehead atoms. The maximum absolute atomic E-state index is 9.28. The monoisotopic (exact) mass is 282 g/mol. The molecule has 0 spiro atoms. The minimum atomic E-state index is -0.303. The minimum absolute atomic E-state index is 0.303. The zero-order valence-electron chi connectivity index (χ0n) is 10.1. The molecular weight excluding hydrogens is 267 g/mol. The molecule has 1 aliphatic rings. The van der Waals surface area contributed by atoms with Gasteiger partial charge >= 0.3 is 0 Å². The maximum Gasteiger partial charge on any atom is 0.121 e. The third-order valence-corrected chi connectivity index (χ3v) is 4.15. The van der Waals surface area contributed by atoms with E-state index in [2.05, 4.69) is 11.4 Å². The number of rotatable bonds is 3. The Morgan fingerprint density at radius 3 is 2.50 bits per heavy atom. The smallest absolute Gasteiger partial charge is 0.121 e. The van der Waals surface area contributed by atoms with Crippen LogP contribution in [0.5, 0.6) is 0 Å². The fourth-order valence-electron chi connectivity index (χ4n) is 2.40. The van der Waals surface area contributed by atoms with Crippen LogP contribution in [0, 0.1) is 11.3 Å². The fraction of sp³-hybridized carbons (Fsp3) is 0.500. The molecule has 1 N–H and O–H groups in total.